The van der Waals surface area contributed by atoms with Crippen molar-refractivity contribution < 1.29 is 14.0 Å². The molecule has 10 heteroatoms. The highest BCUT2D eigenvalue weighted by atomic mass is 19.1. The van der Waals surface area contributed by atoms with Crippen LogP contribution in [-0.4, -0.2) is 88.9 Å². The summed E-state index contributed by atoms with van der Waals surface area (Å²) in [5, 5.41) is 8.38. The molecule has 1 aromatic rings. The van der Waals surface area contributed by atoms with Crippen molar-refractivity contribution >= 4 is 29.3 Å². The number of carbonyl (C=O) groups is 2. The van der Waals surface area contributed by atoms with Crippen LogP contribution in [0.1, 0.15) is 36.7 Å². The number of anilines is 1. The fourth-order valence-electron chi connectivity index (χ4n) is 3.72. The summed E-state index contributed by atoms with van der Waals surface area (Å²) < 4.78 is 13.5. The van der Waals surface area contributed by atoms with Gasteiger partial charge in [-0.1, -0.05) is 0 Å². The van der Waals surface area contributed by atoms with Crippen molar-refractivity contribution in [3.8, 4) is 0 Å². The number of rotatable bonds is 2. The van der Waals surface area contributed by atoms with E-state index < -0.39 is 12.1 Å². The van der Waals surface area contributed by atoms with Crippen LogP contribution in [0.25, 0.3) is 0 Å². The topological polar surface area (TPSA) is 94.4 Å². The van der Waals surface area contributed by atoms with Crippen LogP contribution in [0.2, 0.25) is 0 Å². The van der Waals surface area contributed by atoms with Gasteiger partial charge in [0.1, 0.15) is 0 Å². The molecule has 2 amide bonds. The van der Waals surface area contributed by atoms with E-state index >= 15 is 0 Å². The molecule has 3 aliphatic rings. The van der Waals surface area contributed by atoms with Gasteiger partial charge in [-0.2, -0.15) is 4.99 Å². The number of hydrogen-bond acceptors (Lipinski definition) is 7. The zero-order chi connectivity index (χ0) is 20.4. The van der Waals surface area contributed by atoms with Gasteiger partial charge in [0, 0.05) is 39.3 Å². The first-order valence-electron chi connectivity index (χ1n) is 9.97. The van der Waals surface area contributed by atoms with Crippen LogP contribution in [-0.2, 0) is 4.79 Å². The van der Waals surface area contributed by atoms with Gasteiger partial charge < -0.3 is 14.7 Å². The highest BCUT2D eigenvalue weighted by molar-refractivity contribution is 6.16. The Bertz CT molecular complexity index is 841. The number of alkyl halides is 1. The molecule has 0 spiro atoms. The maximum absolute atomic E-state index is 13.5. The number of aromatic nitrogens is 2. The SMILES string of the molecule is CC1=NC(N2CCN(C(=O)c3ccc(N4CCCCC4)nn3)CC2)=NC(=O)C1F. The van der Waals surface area contributed by atoms with Crippen LogP contribution in [0.15, 0.2) is 22.1 Å². The third-order valence-corrected chi connectivity index (χ3v) is 5.47. The highest BCUT2D eigenvalue weighted by Gasteiger charge is 2.30. The van der Waals surface area contributed by atoms with Crippen molar-refractivity contribution in [2.45, 2.75) is 32.4 Å². The zero-order valence-electron chi connectivity index (χ0n) is 16.4. The fraction of sp³-hybridized carbons (Fsp3) is 0.579. The van der Waals surface area contributed by atoms with E-state index in [-0.39, 0.29) is 17.6 Å². The number of aliphatic imine (C=N–C) groups is 2. The molecule has 0 aromatic carbocycles. The molecule has 154 valence electrons. The minimum atomic E-state index is -1.76. The summed E-state index contributed by atoms with van der Waals surface area (Å²) in [6.45, 7) is 5.23. The van der Waals surface area contributed by atoms with Gasteiger partial charge in [-0.05, 0) is 38.3 Å². The maximum atomic E-state index is 13.5. The quantitative estimate of drug-likeness (QED) is 0.732. The molecular formula is C19H24FN7O2. The van der Waals surface area contributed by atoms with Gasteiger partial charge in [-0.25, -0.2) is 9.38 Å². The van der Waals surface area contributed by atoms with E-state index in [2.05, 4.69) is 25.1 Å². The van der Waals surface area contributed by atoms with E-state index in [1.807, 2.05) is 6.07 Å². The van der Waals surface area contributed by atoms with E-state index in [0.29, 0.717) is 31.9 Å². The van der Waals surface area contributed by atoms with Gasteiger partial charge in [0.2, 0.25) is 12.1 Å². The molecule has 0 radical (unpaired) electrons. The van der Waals surface area contributed by atoms with Crippen LogP contribution in [0.3, 0.4) is 0 Å². The molecule has 29 heavy (non-hydrogen) atoms. The summed E-state index contributed by atoms with van der Waals surface area (Å²) in [5.74, 6) is 0.0344. The summed E-state index contributed by atoms with van der Waals surface area (Å²) in [4.78, 5) is 37.9. The minimum absolute atomic E-state index is 0.113. The fourth-order valence-corrected chi connectivity index (χ4v) is 3.72. The summed E-state index contributed by atoms with van der Waals surface area (Å²) in [6.07, 6.45) is 1.79. The molecule has 3 aliphatic heterocycles. The molecule has 0 saturated carbocycles. The van der Waals surface area contributed by atoms with Gasteiger partial charge in [-0.15, -0.1) is 10.2 Å². The first-order valence-corrected chi connectivity index (χ1v) is 9.97. The first kappa shape index (κ1) is 19.4. The van der Waals surface area contributed by atoms with Gasteiger partial charge >= 0.3 is 0 Å². The summed E-state index contributed by atoms with van der Waals surface area (Å²) >= 11 is 0. The zero-order valence-corrected chi connectivity index (χ0v) is 16.4. The minimum Gasteiger partial charge on any atom is -0.355 e. The number of halogens is 1. The largest absolute Gasteiger partial charge is 0.355 e. The van der Waals surface area contributed by atoms with Crippen molar-refractivity contribution in [1.29, 1.82) is 0 Å². The van der Waals surface area contributed by atoms with Crippen molar-refractivity contribution in [3.05, 3.63) is 17.8 Å². The molecule has 4 rings (SSSR count). The predicted molar refractivity (Wildman–Crippen MR) is 106 cm³/mol. The lowest BCUT2D eigenvalue weighted by molar-refractivity contribution is -0.120. The standard InChI is InChI=1S/C19H24FN7O2/c1-13-16(20)17(28)22-19(21-13)27-11-9-26(10-12-27)18(29)14-5-6-15(24-23-14)25-7-3-2-4-8-25/h5-6,16H,2-4,7-12H2,1H3. The molecular weight excluding hydrogens is 377 g/mol. The average Bonchev–Trinajstić information content (AvgIpc) is 2.77. The molecule has 1 aromatic heterocycles. The smallest absolute Gasteiger partial charge is 0.289 e. The highest BCUT2D eigenvalue weighted by Crippen LogP contribution is 2.17. The molecule has 9 nitrogen and oxygen atoms in total. The van der Waals surface area contributed by atoms with E-state index in [4.69, 9.17) is 0 Å². The van der Waals surface area contributed by atoms with E-state index in [1.54, 1.807) is 15.9 Å². The Labute approximate surface area is 168 Å². The molecule has 4 heterocycles. The Morgan fingerprint density at radius 1 is 0.966 bits per heavy atom. The van der Waals surface area contributed by atoms with Crippen LogP contribution in [0, 0.1) is 0 Å². The second kappa shape index (κ2) is 8.22. The Balaban J connectivity index is 1.35. The second-order valence-corrected chi connectivity index (χ2v) is 7.47. The van der Waals surface area contributed by atoms with Gasteiger partial charge in [0.15, 0.2) is 11.5 Å². The molecule has 0 N–H and O–H groups in total. The Hall–Kier alpha value is -2.91. The van der Waals surface area contributed by atoms with Gasteiger partial charge in [0.05, 0.1) is 5.71 Å². The average molecular weight is 401 g/mol. The monoisotopic (exact) mass is 401 g/mol. The lowest BCUT2D eigenvalue weighted by Crippen LogP contribution is -2.51. The molecule has 1 atom stereocenters. The van der Waals surface area contributed by atoms with E-state index in [0.717, 1.165) is 31.7 Å². The number of guanidine groups is 1. The van der Waals surface area contributed by atoms with Crippen molar-refractivity contribution in [2.24, 2.45) is 9.98 Å². The molecule has 2 saturated heterocycles. The maximum Gasteiger partial charge on any atom is 0.289 e. The molecule has 0 aliphatic carbocycles. The Morgan fingerprint density at radius 3 is 2.31 bits per heavy atom. The van der Waals surface area contributed by atoms with Crippen LogP contribution in [0.4, 0.5) is 10.2 Å². The Kier molecular flexibility index (Phi) is 5.50. The number of carbonyl (C=O) groups excluding carboxylic acids is 2. The number of hydrogen-bond donors (Lipinski definition) is 0. The second-order valence-electron chi connectivity index (χ2n) is 7.47. The third kappa shape index (κ3) is 4.10. The van der Waals surface area contributed by atoms with Crippen LogP contribution in [0.5, 0.6) is 0 Å². The number of amides is 2. The van der Waals surface area contributed by atoms with Crippen LogP contribution < -0.4 is 4.90 Å². The van der Waals surface area contributed by atoms with E-state index in [1.165, 1.54) is 13.3 Å². The predicted octanol–water partition coefficient (Wildman–Crippen LogP) is 0.920. The molecule has 0 bridgehead atoms. The first-order chi connectivity index (χ1) is 14.0. The lowest BCUT2D eigenvalue weighted by atomic mass is 10.1. The van der Waals surface area contributed by atoms with Crippen LogP contribution >= 0.6 is 0 Å². The summed E-state index contributed by atoms with van der Waals surface area (Å²) in [5.41, 5.74) is 0.432. The molecule has 2 fully saturated rings. The van der Waals surface area contributed by atoms with Crippen molar-refractivity contribution in [3.63, 3.8) is 0 Å². The lowest BCUT2D eigenvalue weighted by Gasteiger charge is -2.35. The summed E-state index contributed by atoms with van der Waals surface area (Å²) in [6, 6.07) is 3.58. The van der Waals surface area contributed by atoms with E-state index in [9.17, 15) is 14.0 Å². The van der Waals surface area contributed by atoms with Gasteiger partial charge in [0.25, 0.3) is 11.8 Å². The number of piperidine rings is 1. The third-order valence-electron chi connectivity index (χ3n) is 5.47. The normalized spacial score (nSPS) is 23.0. The molecule has 1 unspecified atom stereocenters. The summed E-state index contributed by atoms with van der Waals surface area (Å²) in [7, 11) is 0. The number of piperazine rings is 1. The number of nitrogens with zero attached hydrogens (tertiary/aromatic N) is 7. The van der Waals surface area contributed by atoms with Gasteiger partial charge in [-0.3, -0.25) is 9.59 Å². The van der Waals surface area contributed by atoms with Crippen molar-refractivity contribution in [1.82, 2.24) is 20.0 Å². The Morgan fingerprint density at radius 2 is 1.69 bits per heavy atom. The van der Waals surface area contributed by atoms with Crippen molar-refractivity contribution in [2.75, 3.05) is 44.2 Å².